The van der Waals surface area contributed by atoms with Gasteiger partial charge < -0.3 is 19.9 Å². The van der Waals surface area contributed by atoms with Crippen LogP contribution in [0.5, 0.6) is 0 Å². The predicted molar refractivity (Wildman–Crippen MR) is 76.3 cm³/mol. The molecule has 2 aromatic rings. The van der Waals surface area contributed by atoms with Crippen molar-refractivity contribution in [2.24, 2.45) is 0 Å². The van der Waals surface area contributed by atoms with Gasteiger partial charge in [0.25, 0.3) is 0 Å². The van der Waals surface area contributed by atoms with E-state index < -0.39 is 0 Å². The second kappa shape index (κ2) is 4.70. The van der Waals surface area contributed by atoms with E-state index in [1.54, 1.807) is 12.4 Å². The molecule has 1 aliphatic heterocycles. The molecular weight excluding hydrogens is 240 g/mol. The van der Waals surface area contributed by atoms with Crippen molar-refractivity contribution in [2.45, 2.75) is 18.9 Å². The van der Waals surface area contributed by atoms with Gasteiger partial charge in [-0.2, -0.15) is 0 Å². The Bertz CT molecular complexity index is 576. The lowest BCUT2D eigenvalue weighted by Gasteiger charge is -2.36. The van der Waals surface area contributed by atoms with Gasteiger partial charge in [-0.15, -0.1) is 0 Å². The summed E-state index contributed by atoms with van der Waals surface area (Å²) in [5, 5.41) is 0. The van der Waals surface area contributed by atoms with Crippen molar-refractivity contribution in [3.05, 3.63) is 18.6 Å². The summed E-state index contributed by atoms with van der Waals surface area (Å²) in [6.45, 7) is 2.00. The minimum atomic E-state index is 0.535. The number of piperidine rings is 1. The van der Waals surface area contributed by atoms with Crippen LogP contribution in [0.2, 0.25) is 0 Å². The van der Waals surface area contributed by atoms with Crippen LogP contribution in [0.25, 0.3) is 5.65 Å². The van der Waals surface area contributed by atoms with E-state index in [4.69, 9.17) is 5.73 Å². The largest absolute Gasteiger partial charge is 0.382 e. The van der Waals surface area contributed by atoms with Gasteiger partial charge in [-0.1, -0.05) is 0 Å². The number of hydrogen-bond acceptors (Lipinski definition) is 5. The van der Waals surface area contributed by atoms with E-state index in [0.29, 0.717) is 11.9 Å². The Hall–Kier alpha value is -1.82. The number of anilines is 2. The average molecular weight is 260 g/mol. The molecule has 0 bridgehead atoms. The Balaban J connectivity index is 1.97. The third-order valence-electron chi connectivity index (χ3n) is 3.80. The highest BCUT2D eigenvalue weighted by Gasteiger charge is 2.24. The lowest BCUT2D eigenvalue weighted by molar-refractivity contribution is 0.257. The normalized spacial score (nSPS) is 20.4. The molecule has 3 rings (SSSR count). The number of likely N-dealkylation sites (N-methyl/N-ethyl adjacent to an activating group) is 1. The molecule has 2 N–H and O–H groups in total. The van der Waals surface area contributed by atoms with Gasteiger partial charge in [0.05, 0.1) is 6.20 Å². The first-order valence-electron chi connectivity index (χ1n) is 6.65. The zero-order chi connectivity index (χ0) is 13.4. The average Bonchev–Trinajstić information content (AvgIpc) is 2.85. The van der Waals surface area contributed by atoms with E-state index in [1.807, 2.05) is 10.6 Å². The number of rotatable bonds is 2. The van der Waals surface area contributed by atoms with E-state index in [-0.39, 0.29) is 0 Å². The summed E-state index contributed by atoms with van der Waals surface area (Å²) < 4.78 is 1.94. The summed E-state index contributed by atoms with van der Waals surface area (Å²) in [5.74, 6) is 1.43. The monoisotopic (exact) mass is 260 g/mol. The molecule has 19 heavy (non-hydrogen) atoms. The number of imidazole rings is 1. The number of nitrogen functional groups attached to an aromatic ring is 1. The third-order valence-corrected chi connectivity index (χ3v) is 3.80. The molecule has 6 nitrogen and oxygen atoms in total. The molecule has 1 atom stereocenters. The van der Waals surface area contributed by atoms with Gasteiger partial charge >= 0.3 is 0 Å². The second-order valence-electron chi connectivity index (χ2n) is 5.35. The van der Waals surface area contributed by atoms with Gasteiger partial charge in [-0.05, 0) is 26.9 Å². The zero-order valence-corrected chi connectivity index (χ0v) is 11.5. The van der Waals surface area contributed by atoms with Crippen molar-refractivity contribution >= 4 is 17.3 Å². The summed E-state index contributed by atoms with van der Waals surface area (Å²) in [7, 11) is 4.26. The molecule has 0 aromatic carbocycles. The van der Waals surface area contributed by atoms with Crippen molar-refractivity contribution in [1.29, 1.82) is 0 Å². The number of nitrogens with two attached hydrogens (primary N) is 1. The summed E-state index contributed by atoms with van der Waals surface area (Å²) in [4.78, 5) is 13.5. The summed E-state index contributed by atoms with van der Waals surface area (Å²) in [6, 6.07) is 0.562. The highest BCUT2D eigenvalue weighted by atomic mass is 15.3. The van der Waals surface area contributed by atoms with Crippen LogP contribution in [0, 0.1) is 0 Å². The van der Waals surface area contributed by atoms with E-state index in [0.717, 1.165) is 24.6 Å². The number of hydrogen-bond donors (Lipinski definition) is 1. The maximum absolute atomic E-state index is 5.89. The van der Waals surface area contributed by atoms with Gasteiger partial charge in [0.2, 0.25) is 0 Å². The first-order chi connectivity index (χ1) is 9.15. The Morgan fingerprint density at radius 2 is 2.26 bits per heavy atom. The van der Waals surface area contributed by atoms with Crippen molar-refractivity contribution < 1.29 is 0 Å². The fraction of sp³-hybridized carbons (Fsp3) is 0.538. The topological polar surface area (TPSA) is 62.7 Å². The van der Waals surface area contributed by atoms with Crippen LogP contribution in [0.15, 0.2) is 18.6 Å². The predicted octanol–water partition coefficient (Wildman–Crippen LogP) is 0.842. The minimum Gasteiger partial charge on any atom is -0.382 e. The van der Waals surface area contributed by atoms with E-state index >= 15 is 0 Å². The fourth-order valence-corrected chi connectivity index (χ4v) is 2.71. The van der Waals surface area contributed by atoms with Crippen LogP contribution in [0.1, 0.15) is 12.8 Å². The van der Waals surface area contributed by atoms with Crippen molar-refractivity contribution in [3.63, 3.8) is 0 Å². The maximum Gasteiger partial charge on any atom is 0.180 e. The van der Waals surface area contributed by atoms with Crippen LogP contribution >= 0.6 is 0 Å². The smallest absolute Gasteiger partial charge is 0.180 e. The second-order valence-corrected chi connectivity index (χ2v) is 5.35. The molecule has 0 aliphatic carbocycles. The Morgan fingerprint density at radius 3 is 3.05 bits per heavy atom. The first kappa shape index (κ1) is 12.2. The fourth-order valence-electron chi connectivity index (χ4n) is 2.71. The van der Waals surface area contributed by atoms with E-state index in [9.17, 15) is 0 Å². The number of fused-ring (bicyclic) bond motifs is 1. The Morgan fingerprint density at radius 1 is 1.42 bits per heavy atom. The van der Waals surface area contributed by atoms with Crippen LogP contribution in [-0.2, 0) is 0 Å². The maximum atomic E-state index is 5.89. The summed E-state index contributed by atoms with van der Waals surface area (Å²) >= 11 is 0. The quantitative estimate of drug-likeness (QED) is 0.867. The molecular formula is C13H20N6. The van der Waals surface area contributed by atoms with Gasteiger partial charge in [0, 0.05) is 31.5 Å². The molecule has 1 unspecified atom stereocenters. The standard InChI is InChI=1S/C13H20N6/c1-17(2)10-4-3-6-18(8-10)13-12-15-5-7-19(12)9-11(14)16-13/h5,7,9-10H,3-4,6,8,14H2,1-2H3. The number of aromatic nitrogens is 3. The molecule has 6 heteroatoms. The molecule has 1 fully saturated rings. The summed E-state index contributed by atoms with van der Waals surface area (Å²) in [6.07, 6.45) is 7.90. The van der Waals surface area contributed by atoms with Crippen LogP contribution in [-0.4, -0.2) is 52.5 Å². The molecule has 2 aromatic heterocycles. The lowest BCUT2D eigenvalue weighted by atomic mass is 10.1. The van der Waals surface area contributed by atoms with Gasteiger partial charge in [0.1, 0.15) is 5.82 Å². The molecule has 3 heterocycles. The lowest BCUT2D eigenvalue weighted by Crippen LogP contribution is -2.45. The van der Waals surface area contributed by atoms with Crippen LogP contribution < -0.4 is 10.6 Å². The van der Waals surface area contributed by atoms with Crippen molar-refractivity contribution in [2.75, 3.05) is 37.8 Å². The Labute approximate surface area is 112 Å². The number of nitrogens with zero attached hydrogens (tertiary/aromatic N) is 5. The minimum absolute atomic E-state index is 0.535. The van der Waals surface area contributed by atoms with E-state index in [2.05, 4.69) is 33.9 Å². The highest BCUT2D eigenvalue weighted by Crippen LogP contribution is 2.24. The van der Waals surface area contributed by atoms with Gasteiger partial charge in [-0.25, -0.2) is 9.97 Å². The van der Waals surface area contributed by atoms with E-state index in [1.165, 1.54) is 12.8 Å². The van der Waals surface area contributed by atoms with Crippen LogP contribution in [0.3, 0.4) is 0 Å². The first-order valence-corrected chi connectivity index (χ1v) is 6.65. The molecule has 1 aliphatic rings. The van der Waals surface area contributed by atoms with Crippen molar-refractivity contribution in [3.8, 4) is 0 Å². The molecule has 102 valence electrons. The molecule has 0 radical (unpaired) electrons. The SMILES string of the molecule is CN(C)C1CCCN(c2nc(N)cn3ccnc23)C1. The molecule has 1 saturated heterocycles. The van der Waals surface area contributed by atoms with Gasteiger partial charge in [0.15, 0.2) is 11.5 Å². The molecule has 0 saturated carbocycles. The zero-order valence-electron chi connectivity index (χ0n) is 11.5. The van der Waals surface area contributed by atoms with Crippen molar-refractivity contribution in [1.82, 2.24) is 19.3 Å². The molecule has 0 spiro atoms. The third kappa shape index (κ3) is 2.23. The highest BCUT2D eigenvalue weighted by molar-refractivity contribution is 5.66. The van der Waals surface area contributed by atoms with Crippen LogP contribution in [0.4, 0.5) is 11.6 Å². The summed E-state index contributed by atoms with van der Waals surface area (Å²) in [5.41, 5.74) is 6.77. The Kier molecular flexibility index (Phi) is 3.02. The molecule has 0 amide bonds. The van der Waals surface area contributed by atoms with Gasteiger partial charge in [-0.3, -0.25) is 0 Å².